The van der Waals surface area contributed by atoms with Crippen molar-refractivity contribution >= 4 is 23.0 Å². The second-order valence-electron chi connectivity index (χ2n) is 6.52. The normalized spacial score (nSPS) is 11.0. The van der Waals surface area contributed by atoms with Gasteiger partial charge in [0.2, 0.25) is 0 Å². The maximum atomic E-state index is 14.9. The number of carbonyl (C=O) groups is 1. The van der Waals surface area contributed by atoms with Gasteiger partial charge in [-0.2, -0.15) is 9.97 Å². The Balaban J connectivity index is 1.94. The molecule has 0 amide bonds. The molecule has 0 radical (unpaired) electrons. The van der Waals surface area contributed by atoms with E-state index in [2.05, 4.69) is 19.7 Å². The van der Waals surface area contributed by atoms with Gasteiger partial charge in [-0.25, -0.2) is 9.18 Å². The van der Waals surface area contributed by atoms with Gasteiger partial charge >= 0.3 is 17.7 Å². The van der Waals surface area contributed by atoms with Gasteiger partial charge in [0.25, 0.3) is 0 Å². The molecule has 0 saturated carbocycles. The molecule has 0 aliphatic heterocycles. The van der Waals surface area contributed by atoms with Gasteiger partial charge in [0.15, 0.2) is 18.3 Å². The fourth-order valence-corrected chi connectivity index (χ4v) is 2.89. The Hall–Kier alpha value is -3.47. The minimum Gasteiger partial charge on any atom is -0.463 e. The molecule has 0 aliphatic rings. The van der Waals surface area contributed by atoms with Crippen molar-refractivity contribution in [2.24, 2.45) is 0 Å². The third-order valence-electron chi connectivity index (χ3n) is 4.41. The van der Waals surface area contributed by atoms with Crippen LogP contribution in [0.25, 0.3) is 11.2 Å². The second-order valence-corrected chi connectivity index (χ2v) is 6.52. The number of hydrogen-bond donors (Lipinski definition) is 3. The zero-order chi connectivity index (χ0) is 21.7. The maximum absolute atomic E-state index is 14.9. The Bertz CT molecular complexity index is 1110. The standard InChI is InChI=1S/C19H22FN5O5/c1-2-3-7-29-18-23-16(21)15-17(24-18)25(19(28)22-15)9-12-6-4-5-11(14(12)20)8-13(27)30-10-26/h4-6,26H,2-3,7-10H2,1H3,(H,22,28)(H2,21,23,24). The number of aliphatic hydroxyl groups is 1. The number of fused-ring (bicyclic) bond motifs is 1. The van der Waals surface area contributed by atoms with E-state index in [4.69, 9.17) is 15.6 Å². The number of carbonyl (C=O) groups excluding carboxylic acids is 1. The number of aromatic nitrogens is 4. The summed E-state index contributed by atoms with van der Waals surface area (Å²) < 4.78 is 26.0. The number of ether oxygens (including phenoxy) is 2. The van der Waals surface area contributed by atoms with E-state index in [0.717, 1.165) is 12.8 Å². The van der Waals surface area contributed by atoms with E-state index < -0.39 is 24.3 Å². The number of imidazole rings is 1. The van der Waals surface area contributed by atoms with Crippen LogP contribution in [0.1, 0.15) is 30.9 Å². The average molecular weight is 419 g/mol. The molecule has 0 fully saturated rings. The van der Waals surface area contributed by atoms with E-state index in [1.54, 1.807) is 6.07 Å². The minimum atomic E-state index is -0.783. The number of hydrogen-bond acceptors (Lipinski definition) is 8. The number of nitrogens with one attached hydrogen (secondary N) is 1. The highest BCUT2D eigenvalue weighted by Crippen LogP contribution is 2.20. The molecule has 30 heavy (non-hydrogen) atoms. The van der Waals surface area contributed by atoms with Crippen molar-refractivity contribution in [1.82, 2.24) is 19.5 Å². The lowest BCUT2D eigenvalue weighted by molar-refractivity contribution is -0.150. The zero-order valence-electron chi connectivity index (χ0n) is 16.4. The lowest BCUT2D eigenvalue weighted by Crippen LogP contribution is -2.19. The first-order valence-corrected chi connectivity index (χ1v) is 9.36. The first-order chi connectivity index (χ1) is 14.4. The molecule has 160 valence electrons. The quantitative estimate of drug-likeness (QED) is 0.266. The van der Waals surface area contributed by atoms with E-state index in [9.17, 15) is 14.0 Å². The third kappa shape index (κ3) is 4.57. The summed E-state index contributed by atoms with van der Waals surface area (Å²) >= 11 is 0. The van der Waals surface area contributed by atoms with Crippen LogP contribution >= 0.6 is 0 Å². The van der Waals surface area contributed by atoms with E-state index in [1.165, 1.54) is 16.7 Å². The SMILES string of the molecule is CCCCOc1nc(N)c2[nH]c(=O)n(Cc3cccc(CC(=O)OCO)c3F)c2n1. The van der Waals surface area contributed by atoms with Gasteiger partial charge in [0.1, 0.15) is 11.3 Å². The van der Waals surface area contributed by atoms with Gasteiger partial charge in [-0.1, -0.05) is 31.5 Å². The number of aromatic amines is 1. The zero-order valence-corrected chi connectivity index (χ0v) is 16.4. The molecule has 0 bridgehead atoms. The number of rotatable bonds is 9. The molecule has 1 aromatic carbocycles. The van der Waals surface area contributed by atoms with Crippen LogP contribution in [0.3, 0.4) is 0 Å². The summed E-state index contributed by atoms with van der Waals surface area (Å²) in [6.07, 6.45) is 1.37. The van der Waals surface area contributed by atoms with E-state index in [0.29, 0.717) is 6.61 Å². The van der Waals surface area contributed by atoms with Crippen molar-refractivity contribution in [2.75, 3.05) is 19.1 Å². The van der Waals surface area contributed by atoms with Gasteiger partial charge in [-0.15, -0.1) is 0 Å². The number of nitrogen functional groups attached to an aromatic ring is 1. The van der Waals surface area contributed by atoms with Crippen LogP contribution in [0.5, 0.6) is 6.01 Å². The smallest absolute Gasteiger partial charge is 0.328 e. The van der Waals surface area contributed by atoms with Gasteiger partial charge in [-0.3, -0.25) is 9.36 Å². The van der Waals surface area contributed by atoms with Crippen LogP contribution in [0.15, 0.2) is 23.0 Å². The monoisotopic (exact) mass is 419 g/mol. The number of aliphatic hydroxyl groups excluding tert-OH is 1. The Kier molecular flexibility index (Phi) is 6.62. The number of H-pyrrole nitrogens is 1. The average Bonchev–Trinajstić information content (AvgIpc) is 3.01. The summed E-state index contributed by atoms with van der Waals surface area (Å²) in [5.41, 5.74) is 6.03. The number of halogens is 1. The highest BCUT2D eigenvalue weighted by Gasteiger charge is 2.18. The molecule has 11 heteroatoms. The van der Waals surface area contributed by atoms with Crippen molar-refractivity contribution in [3.63, 3.8) is 0 Å². The highest BCUT2D eigenvalue weighted by atomic mass is 19.1. The van der Waals surface area contributed by atoms with Crippen molar-refractivity contribution in [3.8, 4) is 6.01 Å². The number of nitrogens with two attached hydrogens (primary N) is 1. The van der Waals surface area contributed by atoms with Gasteiger partial charge in [-0.05, 0) is 12.0 Å². The summed E-state index contributed by atoms with van der Waals surface area (Å²) in [6, 6.07) is 4.50. The van der Waals surface area contributed by atoms with Crippen molar-refractivity contribution in [1.29, 1.82) is 0 Å². The fraction of sp³-hybridized carbons (Fsp3) is 0.368. The molecule has 0 spiro atoms. The predicted molar refractivity (Wildman–Crippen MR) is 105 cm³/mol. The minimum absolute atomic E-state index is 0.0298. The van der Waals surface area contributed by atoms with Crippen molar-refractivity contribution in [2.45, 2.75) is 32.7 Å². The van der Waals surface area contributed by atoms with Crippen LogP contribution in [0.2, 0.25) is 0 Å². The summed E-state index contributed by atoms with van der Waals surface area (Å²) in [5, 5.41) is 8.64. The van der Waals surface area contributed by atoms with Crippen LogP contribution in [0, 0.1) is 5.82 Å². The van der Waals surface area contributed by atoms with Crippen LogP contribution in [-0.2, 0) is 22.5 Å². The first kappa shape index (κ1) is 21.2. The molecule has 0 aliphatic carbocycles. The van der Waals surface area contributed by atoms with Gasteiger partial charge in [0, 0.05) is 5.56 Å². The Morgan fingerprint density at radius 3 is 2.83 bits per heavy atom. The summed E-state index contributed by atoms with van der Waals surface area (Å²) in [7, 11) is 0. The topological polar surface area (TPSA) is 145 Å². The predicted octanol–water partition coefficient (Wildman–Crippen LogP) is 1.10. The molecular formula is C19H22FN5O5. The Morgan fingerprint density at radius 1 is 1.33 bits per heavy atom. The summed E-state index contributed by atoms with van der Waals surface area (Å²) in [5.74, 6) is -1.38. The van der Waals surface area contributed by atoms with Crippen molar-refractivity contribution < 1.29 is 23.8 Å². The summed E-state index contributed by atoms with van der Waals surface area (Å²) in [6.45, 7) is 1.47. The van der Waals surface area contributed by atoms with E-state index in [-0.39, 0.29) is 47.1 Å². The van der Waals surface area contributed by atoms with Gasteiger partial charge < -0.3 is 25.3 Å². The molecule has 4 N–H and O–H groups in total. The molecule has 10 nitrogen and oxygen atoms in total. The molecule has 2 aromatic heterocycles. The number of unbranched alkanes of at least 4 members (excludes halogenated alkanes) is 1. The van der Waals surface area contributed by atoms with Crippen LogP contribution < -0.4 is 16.2 Å². The Labute approximate surface area is 170 Å². The van der Waals surface area contributed by atoms with Gasteiger partial charge in [0.05, 0.1) is 19.6 Å². The number of esters is 1. The van der Waals surface area contributed by atoms with Crippen LogP contribution in [-0.4, -0.2) is 44.0 Å². The summed E-state index contributed by atoms with van der Waals surface area (Å²) in [4.78, 5) is 34.8. The molecule has 3 aromatic rings. The fourth-order valence-electron chi connectivity index (χ4n) is 2.89. The van der Waals surface area contributed by atoms with Crippen LogP contribution in [0.4, 0.5) is 10.2 Å². The first-order valence-electron chi connectivity index (χ1n) is 9.36. The molecule has 0 unspecified atom stereocenters. The highest BCUT2D eigenvalue weighted by molar-refractivity contribution is 5.82. The number of nitrogens with zero attached hydrogens (tertiary/aromatic N) is 3. The number of anilines is 1. The third-order valence-corrected chi connectivity index (χ3v) is 4.41. The molecular weight excluding hydrogens is 397 g/mol. The number of benzene rings is 1. The Morgan fingerprint density at radius 2 is 2.10 bits per heavy atom. The molecule has 0 atom stereocenters. The second kappa shape index (κ2) is 9.35. The largest absolute Gasteiger partial charge is 0.463 e. The molecule has 0 saturated heterocycles. The van der Waals surface area contributed by atoms with E-state index >= 15 is 0 Å². The maximum Gasteiger partial charge on any atom is 0.328 e. The van der Waals surface area contributed by atoms with E-state index in [1.807, 2.05) is 6.92 Å². The lowest BCUT2D eigenvalue weighted by Gasteiger charge is -2.10. The molecule has 3 rings (SSSR count). The molecule has 2 heterocycles. The lowest BCUT2D eigenvalue weighted by atomic mass is 10.1. The van der Waals surface area contributed by atoms with Crippen molar-refractivity contribution in [3.05, 3.63) is 45.6 Å².